The molecule has 0 aliphatic carbocycles. The Labute approximate surface area is 90.4 Å². The highest BCUT2D eigenvalue weighted by molar-refractivity contribution is 6.33. The lowest BCUT2D eigenvalue weighted by Crippen LogP contribution is -2.25. The summed E-state index contributed by atoms with van der Waals surface area (Å²) in [6.07, 6.45) is 0. The molecule has 0 bridgehead atoms. The summed E-state index contributed by atoms with van der Waals surface area (Å²) in [5, 5.41) is 4.06. The van der Waals surface area contributed by atoms with E-state index in [1.807, 2.05) is 26.8 Å². The van der Waals surface area contributed by atoms with E-state index in [2.05, 4.69) is 11.4 Å². The van der Waals surface area contributed by atoms with Crippen molar-refractivity contribution >= 4 is 17.3 Å². The van der Waals surface area contributed by atoms with Crippen molar-refractivity contribution in [3.63, 3.8) is 0 Å². The average molecular weight is 213 g/mol. The molecule has 0 heterocycles. The van der Waals surface area contributed by atoms with Crippen LogP contribution in [0.3, 0.4) is 0 Å². The predicted octanol–water partition coefficient (Wildman–Crippen LogP) is 2.72. The van der Waals surface area contributed by atoms with Gasteiger partial charge in [-0.1, -0.05) is 17.7 Å². The fourth-order valence-electron chi connectivity index (χ4n) is 1.40. The highest BCUT2D eigenvalue weighted by Crippen LogP contribution is 2.27. The third-order valence-electron chi connectivity index (χ3n) is 2.18. The van der Waals surface area contributed by atoms with Crippen LogP contribution in [0.25, 0.3) is 0 Å². The monoisotopic (exact) mass is 212 g/mol. The Kier molecular flexibility index (Phi) is 3.78. The maximum Gasteiger partial charge on any atom is 0.0642 e. The van der Waals surface area contributed by atoms with Crippen molar-refractivity contribution in [1.82, 2.24) is 0 Å². The highest BCUT2D eigenvalue weighted by Gasteiger charge is 2.07. The van der Waals surface area contributed by atoms with E-state index < -0.39 is 0 Å². The molecule has 2 nitrogen and oxygen atoms in total. The van der Waals surface area contributed by atoms with Gasteiger partial charge in [0.05, 0.1) is 10.7 Å². The van der Waals surface area contributed by atoms with Gasteiger partial charge in [-0.05, 0) is 38.0 Å². The van der Waals surface area contributed by atoms with Crippen molar-refractivity contribution in [2.24, 2.45) is 5.73 Å². The fraction of sp³-hybridized carbons (Fsp3) is 0.455. The van der Waals surface area contributed by atoms with Gasteiger partial charge in [-0.2, -0.15) is 0 Å². The predicted molar refractivity (Wildman–Crippen MR) is 63.1 cm³/mol. The highest BCUT2D eigenvalue weighted by atomic mass is 35.5. The Hall–Kier alpha value is -0.730. The molecule has 0 aromatic heterocycles. The summed E-state index contributed by atoms with van der Waals surface area (Å²) in [4.78, 5) is 0. The maximum atomic E-state index is 6.13. The molecule has 0 saturated heterocycles. The quantitative estimate of drug-likeness (QED) is 0.809. The Morgan fingerprint density at radius 3 is 2.57 bits per heavy atom. The van der Waals surface area contributed by atoms with Crippen molar-refractivity contribution in [2.75, 3.05) is 11.9 Å². The molecule has 0 fully saturated rings. The molecule has 1 aromatic rings. The fourth-order valence-corrected chi connectivity index (χ4v) is 1.78. The van der Waals surface area contributed by atoms with Crippen molar-refractivity contribution in [3.05, 3.63) is 28.3 Å². The normalized spacial score (nSPS) is 12.6. The molecule has 0 radical (unpaired) electrons. The third-order valence-corrected chi connectivity index (χ3v) is 2.47. The van der Waals surface area contributed by atoms with Crippen molar-refractivity contribution in [2.45, 2.75) is 26.8 Å². The Morgan fingerprint density at radius 2 is 2.07 bits per heavy atom. The second-order valence-electron chi connectivity index (χ2n) is 3.72. The first kappa shape index (κ1) is 11.3. The van der Waals surface area contributed by atoms with Gasteiger partial charge < -0.3 is 11.1 Å². The minimum absolute atomic E-state index is 0.244. The third kappa shape index (κ3) is 2.63. The van der Waals surface area contributed by atoms with Crippen LogP contribution in [0.1, 0.15) is 18.1 Å². The van der Waals surface area contributed by atoms with Crippen LogP contribution < -0.4 is 11.1 Å². The zero-order valence-electron chi connectivity index (χ0n) is 8.89. The van der Waals surface area contributed by atoms with E-state index in [9.17, 15) is 0 Å². The molecular formula is C11H17ClN2. The van der Waals surface area contributed by atoms with Gasteiger partial charge >= 0.3 is 0 Å². The number of rotatable bonds is 3. The smallest absolute Gasteiger partial charge is 0.0642 e. The van der Waals surface area contributed by atoms with Crippen LogP contribution in [0.4, 0.5) is 5.69 Å². The van der Waals surface area contributed by atoms with E-state index in [1.165, 1.54) is 5.56 Å². The lowest BCUT2D eigenvalue weighted by molar-refractivity contribution is 0.803. The molecule has 1 atom stereocenters. The van der Waals surface area contributed by atoms with Gasteiger partial charge in [0.25, 0.3) is 0 Å². The van der Waals surface area contributed by atoms with Gasteiger partial charge in [0.1, 0.15) is 0 Å². The van der Waals surface area contributed by atoms with E-state index in [0.29, 0.717) is 6.54 Å². The minimum atomic E-state index is 0.244. The first-order chi connectivity index (χ1) is 6.54. The number of nitrogens with two attached hydrogens (primary N) is 1. The summed E-state index contributed by atoms with van der Waals surface area (Å²) in [6, 6.07) is 4.31. The molecule has 1 unspecified atom stereocenters. The zero-order valence-corrected chi connectivity index (χ0v) is 9.65. The van der Waals surface area contributed by atoms with Gasteiger partial charge in [-0.15, -0.1) is 0 Å². The molecule has 0 aliphatic rings. The van der Waals surface area contributed by atoms with Gasteiger partial charge in [0.15, 0.2) is 0 Å². The molecule has 0 spiro atoms. The average Bonchev–Trinajstić information content (AvgIpc) is 2.10. The number of anilines is 1. The largest absolute Gasteiger partial charge is 0.380 e. The van der Waals surface area contributed by atoms with E-state index in [1.54, 1.807) is 0 Å². The van der Waals surface area contributed by atoms with Crippen molar-refractivity contribution < 1.29 is 0 Å². The van der Waals surface area contributed by atoms with Crippen molar-refractivity contribution in [1.29, 1.82) is 0 Å². The first-order valence-corrected chi connectivity index (χ1v) is 5.15. The molecule has 1 rings (SSSR count). The summed E-state index contributed by atoms with van der Waals surface area (Å²) in [5.41, 5.74) is 8.88. The molecular weight excluding hydrogens is 196 g/mol. The van der Waals surface area contributed by atoms with Crippen LogP contribution in [0.2, 0.25) is 5.02 Å². The van der Waals surface area contributed by atoms with Crippen LogP contribution in [-0.2, 0) is 0 Å². The zero-order chi connectivity index (χ0) is 10.7. The first-order valence-electron chi connectivity index (χ1n) is 4.78. The molecule has 14 heavy (non-hydrogen) atoms. The minimum Gasteiger partial charge on any atom is -0.380 e. The topological polar surface area (TPSA) is 38.0 Å². The Bertz CT molecular complexity index is 300. The van der Waals surface area contributed by atoms with Crippen LogP contribution >= 0.6 is 11.6 Å². The van der Waals surface area contributed by atoms with Crippen LogP contribution in [-0.4, -0.2) is 12.6 Å². The number of hydrogen-bond acceptors (Lipinski definition) is 2. The van der Waals surface area contributed by atoms with E-state index in [-0.39, 0.29) is 6.04 Å². The molecule has 3 N–H and O–H groups in total. The van der Waals surface area contributed by atoms with Crippen molar-refractivity contribution in [3.8, 4) is 0 Å². The van der Waals surface area contributed by atoms with Gasteiger partial charge in [-0.25, -0.2) is 0 Å². The van der Waals surface area contributed by atoms with E-state index in [0.717, 1.165) is 16.3 Å². The number of aryl methyl sites for hydroxylation is 2. The summed E-state index contributed by atoms with van der Waals surface area (Å²) in [6.45, 7) is 6.72. The van der Waals surface area contributed by atoms with E-state index >= 15 is 0 Å². The van der Waals surface area contributed by atoms with Gasteiger partial charge in [-0.3, -0.25) is 0 Å². The SMILES string of the molecule is Cc1cc(C)c(NC(C)CN)c(Cl)c1. The summed E-state index contributed by atoms with van der Waals surface area (Å²) in [7, 11) is 0. The summed E-state index contributed by atoms with van der Waals surface area (Å²) in [5.74, 6) is 0. The molecule has 78 valence electrons. The molecule has 0 saturated carbocycles. The molecule has 0 aliphatic heterocycles. The lowest BCUT2D eigenvalue weighted by atomic mass is 10.1. The van der Waals surface area contributed by atoms with E-state index in [4.69, 9.17) is 17.3 Å². The standard InChI is InChI=1S/C11H17ClN2/c1-7-4-8(2)11(10(12)5-7)14-9(3)6-13/h4-5,9,14H,6,13H2,1-3H3. The number of halogens is 1. The van der Waals surface area contributed by atoms with Gasteiger partial charge in [0.2, 0.25) is 0 Å². The lowest BCUT2D eigenvalue weighted by Gasteiger charge is -2.17. The molecule has 0 amide bonds. The number of nitrogens with one attached hydrogen (secondary N) is 1. The summed E-state index contributed by atoms with van der Waals surface area (Å²) >= 11 is 6.13. The Morgan fingerprint density at radius 1 is 1.43 bits per heavy atom. The molecule has 3 heteroatoms. The second kappa shape index (κ2) is 4.67. The van der Waals surface area contributed by atoms with Gasteiger partial charge in [0, 0.05) is 12.6 Å². The summed E-state index contributed by atoms with van der Waals surface area (Å²) < 4.78 is 0. The number of hydrogen-bond donors (Lipinski definition) is 2. The maximum absolute atomic E-state index is 6.13. The van der Waals surface area contributed by atoms with Crippen LogP contribution in [0, 0.1) is 13.8 Å². The molecule has 1 aromatic carbocycles. The van der Waals surface area contributed by atoms with Crippen LogP contribution in [0.15, 0.2) is 12.1 Å². The second-order valence-corrected chi connectivity index (χ2v) is 4.13. The number of benzene rings is 1. The van der Waals surface area contributed by atoms with Crippen LogP contribution in [0.5, 0.6) is 0 Å². The Balaban J connectivity index is 2.96.